The highest BCUT2D eigenvalue weighted by molar-refractivity contribution is 8.18. The number of nitrogens with zero attached hydrogens (tertiary/aromatic N) is 2. The van der Waals surface area contributed by atoms with Crippen molar-refractivity contribution in [2.24, 2.45) is 4.99 Å². The van der Waals surface area contributed by atoms with Crippen molar-refractivity contribution in [2.45, 2.75) is 26.9 Å². The summed E-state index contributed by atoms with van der Waals surface area (Å²) in [5.41, 5.74) is 5.12. The molecule has 6 heteroatoms. The molecule has 0 radical (unpaired) electrons. The molecule has 5 nitrogen and oxygen atoms in total. The van der Waals surface area contributed by atoms with Crippen molar-refractivity contribution in [1.82, 2.24) is 4.90 Å². The molecule has 0 N–H and O–H groups in total. The minimum Gasteiger partial charge on any atom is -0.490 e. The lowest BCUT2D eigenvalue weighted by Crippen LogP contribution is -2.31. The fourth-order valence-corrected chi connectivity index (χ4v) is 5.32. The number of carbonyl (C=O) groups excluding carboxylic acids is 1. The van der Waals surface area contributed by atoms with E-state index >= 15 is 0 Å². The number of ether oxygens (including phenoxy) is 2. The molecule has 0 bridgehead atoms. The van der Waals surface area contributed by atoms with Crippen LogP contribution < -0.4 is 9.47 Å². The van der Waals surface area contributed by atoms with Crippen LogP contribution in [-0.2, 0) is 17.8 Å². The maximum Gasteiger partial charge on any atom is 0.266 e. The first-order valence-electron chi connectivity index (χ1n) is 13.4. The topological polar surface area (TPSA) is 51.1 Å². The number of carbonyl (C=O) groups is 1. The molecule has 1 heterocycles. The molecule has 202 valence electrons. The van der Waals surface area contributed by atoms with E-state index in [0.717, 1.165) is 23.2 Å². The summed E-state index contributed by atoms with van der Waals surface area (Å²) in [6, 6.07) is 34.0. The number of amidine groups is 1. The van der Waals surface area contributed by atoms with E-state index in [1.54, 1.807) is 4.90 Å². The second kappa shape index (κ2) is 13.2. The first-order valence-corrected chi connectivity index (χ1v) is 14.2. The van der Waals surface area contributed by atoms with Crippen LogP contribution in [0.3, 0.4) is 0 Å². The molecular weight excluding hydrogens is 516 g/mol. The first kappa shape index (κ1) is 27.3. The fourth-order valence-electron chi connectivity index (χ4n) is 4.29. The quantitative estimate of drug-likeness (QED) is 0.190. The summed E-state index contributed by atoms with van der Waals surface area (Å²) in [5.74, 6) is 1.27. The van der Waals surface area contributed by atoms with Gasteiger partial charge in [-0.3, -0.25) is 9.69 Å². The van der Waals surface area contributed by atoms with Crippen LogP contribution in [0, 0.1) is 6.92 Å². The van der Waals surface area contributed by atoms with E-state index in [1.165, 1.54) is 22.9 Å². The molecule has 0 unspecified atom stereocenters. The number of aryl methyl sites for hydroxylation is 1. The molecule has 0 saturated carbocycles. The highest BCUT2D eigenvalue weighted by Gasteiger charge is 2.33. The number of rotatable bonds is 10. The third kappa shape index (κ3) is 7.01. The van der Waals surface area contributed by atoms with Gasteiger partial charge in [0.25, 0.3) is 5.91 Å². The van der Waals surface area contributed by atoms with Gasteiger partial charge in [-0.05, 0) is 79.1 Å². The average molecular weight is 549 g/mol. The van der Waals surface area contributed by atoms with Gasteiger partial charge in [0.15, 0.2) is 16.7 Å². The van der Waals surface area contributed by atoms with Crippen LogP contribution in [0.15, 0.2) is 113 Å². The smallest absolute Gasteiger partial charge is 0.266 e. The molecule has 0 spiro atoms. The van der Waals surface area contributed by atoms with Crippen LogP contribution >= 0.6 is 11.8 Å². The predicted molar refractivity (Wildman–Crippen MR) is 164 cm³/mol. The van der Waals surface area contributed by atoms with Gasteiger partial charge in [0.2, 0.25) is 0 Å². The molecule has 0 aromatic heterocycles. The monoisotopic (exact) mass is 548 g/mol. The summed E-state index contributed by atoms with van der Waals surface area (Å²) in [5, 5.41) is 0.684. The van der Waals surface area contributed by atoms with E-state index in [-0.39, 0.29) is 5.91 Å². The minimum absolute atomic E-state index is 0.0471. The van der Waals surface area contributed by atoms with Gasteiger partial charge in [-0.15, -0.1) is 0 Å². The van der Waals surface area contributed by atoms with Gasteiger partial charge in [-0.1, -0.05) is 84.4 Å². The summed E-state index contributed by atoms with van der Waals surface area (Å²) in [4.78, 5) is 20.9. The molecule has 0 atom stereocenters. The Bertz CT molecular complexity index is 1500. The number of hydrogen-bond acceptors (Lipinski definition) is 5. The first-order chi connectivity index (χ1) is 19.6. The Labute approximate surface area is 240 Å². The van der Waals surface area contributed by atoms with E-state index in [1.807, 2.05) is 111 Å². The van der Waals surface area contributed by atoms with Crippen LogP contribution in [0.4, 0.5) is 5.69 Å². The standard InChI is InChI=1S/C34H32N2O3S/c1-3-38-31-22-28(16-19-30(31)39-24-27-12-8-5-9-13-27)23-32-33(37)36(21-20-26-10-6-4-7-11-26)34(40-32)35-29-17-14-25(2)15-18-29/h4-19,22-23H,3,20-21,24H2,1-2H3/b32-23+,35-34?. The highest BCUT2D eigenvalue weighted by atomic mass is 32.2. The molecule has 1 fully saturated rings. The maximum absolute atomic E-state index is 13.6. The summed E-state index contributed by atoms with van der Waals surface area (Å²) in [6.45, 7) is 5.50. The van der Waals surface area contributed by atoms with Crippen LogP contribution in [0.25, 0.3) is 6.08 Å². The Balaban J connectivity index is 1.39. The number of hydrogen-bond donors (Lipinski definition) is 0. The molecule has 1 aliphatic rings. The Kier molecular flexibility index (Phi) is 8.99. The number of thioether (sulfide) groups is 1. The van der Waals surface area contributed by atoms with Crippen LogP contribution in [0.1, 0.15) is 29.2 Å². The van der Waals surface area contributed by atoms with E-state index in [0.29, 0.717) is 41.3 Å². The van der Waals surface area contributed by atoms with Crippen molar-refractivity contribution in [3.63, 3.8) is 0 Å². The van der Waals surface area contributed by atoms with E-state index < -0.39 is 0 Å². The Morgan fingerprint density at radius 1 is 0.825 bits per heavy atom. The Morgan fingerprint density at radius 2 is 1.52 bits per heavy atom. The van der Waals surface area contributed by atoms with Crippen LogP contribution in [0.2, 0.25) is 0 Å². The zero-order chi connectivity index (χ0) is 27.7. The van der Waals surface area contributed by atoms with Gasteiger partial charge < -0.3 is 9.47 Å². The van der Waals surface area contributed by atoms with Gasteiger partial charge in [-0.25, -0.2) is 4.99 Å². The van der Waals surface area contributed by atoms with Crippen LogP contribution in [-0.4, -0.2) is 29.1 Å². The molecule has 4 aromatic carbocycles. The third-order valence-electron chi connectivity index (χ3n) is 6.42. The summed E-state index contributed by atoms with van der Waals surface area (Å²) in [7, 11) is 0. The third-order valence-corrected chi connectivity index (χ3v) is 7.42. The van der Waals surface area contributed by atoms with E-state index in [9.17, 15) is 4.79 Å². The largest absolute Gasteiger partial charge is 0.490 e. The van der Waals surface area contributed by atoms with Crippen molar-refractivity contribution in [2.75, 3.05) is 13.2 Å². The SMILES string of the molecule is CCOc1cc(/C=C2/SC(=Nc3ccc(C)cc3)N(CCc3ccccc3)C2=O)ccc1OCc1ccccc1. The number of amides is 1. The normalized spacial score (nSPS) is 15.2. The lowest BCUT2D eigenvalue weighted by molar-refractivity contribution is -0.122. The zero-order valence-electron chi connectivity index (χ0n) is 22.7. The van der Waals surface area contributed by atoms with Gasteiger partial charge in [0.05, 0.1) is 17.2 Å². The van der Waals surface area contributed by atoms with Gasteiger partial charge >= 0.3 is 0 Å². The zero-order valence-corrected chi connectivity index (χ0v) is 23.6. The van der Waals surface area contributed by atoms with Gasteiger partial charge in [0.1, 0.15) is 6.61 Å². The molecule has 4 aromatic rings. The van der Waals surface area contributed by atoms with Crippen molar-refractivity contribution in [3.05, 3.63) is 130 Å². The van der Waals surface area contributed by atoms with E-state index in [2.05, 4.69) is 12.1 Å². The lowest BCUT2D eigenvalue weighted by atomic mass is 10.1. The summed E-state index contributed by atoms with van der Waals surface area (Å²) < 4.78 is 12.0. The maximum atomic E-state index is 13.6. The second-order valence-electron chi connectivity index (χ2n) is 9.45. The minimum atomic E-state index is -0.0471. The summed E-state index contributed by atoms with van der Waals surface area (Å²) >= 11 is 1.40. The molecule has 1 saturated heterocycles. The Morgan fingerprint density at radius 3 is 2.23 bits per heavy atom. The van der Waals surface area contributed by atoms with Crippen molar-refractivity contribution in [1.29, 1.82) is 0 Å². The Hall–Kier alpha value is -4.29. The second-order valence-corrected chi connectivity index (χ2v) is 10.5. The van der Waals surface area contributed by atoms with Crippen molar-refractivity contribution < 1.29 is 14.3 Å². The molecule has 1 aliphatic heterocycles. The molecule has 40 heavy (non-hydrogen) atoms. The fraction of sp³-hybridized carbons (Fsp3) is 0.176. The van der Waals surface area contributed by atoms with Gasteiger partial charge in [0, 0.05) is 6.54 Å². The van der Waals surface area contributed by atoms with Gasteiger partial charge in [-0.2, -0.15) is 0 Å². The number of aliphatic imine (C=N–C) groups is 1. The predicted octanol–water partition coefficient (Wildman–Crippen LogP) is 7.82. The average Bonchev–Trinajstić information content (AvgIpc) is 3.27. The number of benzene rings is 4. The van der Waals surface area contributed by atoms with Crippen molar-refractivity contribution in [3.8, 4) is 11.5 Å². The molecule has 1 amide bonds. The summed E-state index contributed by atoms with van der Waals surface area (Å²) in [6.07, 6.45) is 2.65. The van der Waals surface area contributed by atoms with Crippen LogP contribution in [0.5, 0.6) is 11.5 Å². The highest BCUT2D eigenvalue weighted by Crippen LogP contribution is 2.36. The lowest BCUT2D eigenvalue weighted by Gasteiger charge is -2.15. The molecule has 0 aliphatic carbocycles. The molecule has 5 rings (SSSR count). The van der Waals surface area contributed by atoms with E-state index in [4.69, 9.17) is 14.5 Å². The van der Waals surface area contributed by atoms with Crippen molar-refractivity contribution >= 4 is 34.6 Å². The molecular formula is C34H32N2O3S.